The zero-order valence-corrected chi connectivity index (χ0v) is 6.37. The van der Waals surface area contributed by atoms with Crippen LogP contribution in [0.15, 0.2) is 18.2 Å². The predicted octanol–water partition coefficient (Wildman–Crippen LogP) is 1.16. The lowest BCUT2D eigenvalue weighted by Crippen LogP contribution is -2.11. The van der Waals surface area contributed by atoms with Crippen LogP contribution in [0.4, 0.5) is 4.39 Å². The lowest BCUT2D eigenvalue weighted by molar-refractivity contribution is 0.186. The SMILES string of the molecule is C.NC[C@H](O)c1ccc(O)c(F)c1. The summed E-state index contributed by atoms with van der Waals surface area (Å²) in [5.74, 6) is -1.18. The van der Waals surface area contributed by atoms with Crippen LogP contribution in [0.25, 0.3) is 0 Å². The highest BCUT2D eigenvalue weighted by Crippen LogP contribution is 2.19. The molecule has 1 rings (SSSR count). The Morgan fingerprint density at radius 3 is 2.54 bits per heavy atom. The second kappa shape index (κ2) is 4.79. The highest BCUT2D eigenvalue weighted by atomic mass is 19.1. The standard InChI is InChI=1S/C8H10FNO2.CH4/c9-6-3-5(8(12)4-10)1-2-7(6)11;/h1-3,8,11-12H,4,10H2;1H4/t8-;/m0./s1. The smallest absolute Gasteiger partial charge is 0.165 e. The Morgan fingerprint density at radius 1 is 1.46 bits per heavy atom. The Balaban J connectivity index is 0.00000144. The molecule has 0 unspecified atom stereocenters. The lowest BCUT2D eigenvalue weighted by Gasteiger charge is -2.07. The molecule has 0 saturated heterocycles. The summed E-state index contributed by atoms with van der Waals surface area (Å²) >= 11 is 0. The zero-order valence-electron chi connectivity index (χ0n) is 6.37. The maximum atomic E-state index is 12.7. The summed E-state index contributed by atoms with van der Waals surface area (Å²) in [4.78, 5) is 0. The number of aliphatic hydroxyl groups is 1. The minimum Gasteiger partial charge on any atom is -0.505 e. The molecule has 0 fully saturated rings. The third-order valence-corrected chi connectivity index (χ3v) is 1.58. The van der Waals surface area contributed by atoms with Crippen molar-refractivity contribution in [2.24, 2.45) is 5.73 Å². The average Bonchev–Trinajstić information content (AvgIpc) is 2.08. The number of halogens is 1. The normalized spacial score (nSPS) is 11.9. The number of aliphatic hydroxyl groups excluding tert-OH is 1. The van der Waals surface area contributed by atoms with Crippen LogP contribution in [0.2, 0.25) is 0 Å². The largest absolute Gasteiger partial charge is 0.505 e. The van der Waals surface area contributed by atoms with Crippen molar-refractivity contribution < 1.29 is 14.6 Å². The minimum atomic E-state index is -0.875. The van der Waals surface area contributed by atoms with Gasteiger partial charge in [0.2, 0.25) is 0 Å². The molecule has 0 aromatic heterocycles. The predicted molar refractivity (Wildman–Crippen MR) is 48.8 cm³/mol. The van der Waals surface area contributed by atoms with E-state index in [0.29, 0.717) is 5.56 Å². The van der Waals surface area contributed by atoms with Crippen molar-refractivity contribution in [1.82, 2.24) is 0 Å². The minimum absolute atomic E-state index is 0. The van der Waals surface area contributed by atoms with Crippen LogP contribution in [0.3, 0.4) is 0 Å². The zero-order chi connectivity index (χ0) is 9.14. The molecule has 0 spiro atoms. The van der Waals surface area contributed by atoms with Gasteiger partial charge < -0.3 is 15.9 Å². The summed E-state index contributed by atoms with van der Waals surface area (Å²) in [6.07, 6.45) is -0.875. The Hall–Kier alpha value is -1.13. The van der Waals surface area contributed by atoms with E-state index in [9.17, 15) is 9.50 Å². The highest BCUT2D eigenvalue weighted by Gasteiger charge is 2.07. The fourth-order valence-corrected chi connectivity index (χ4v) is 0.867. The highest BCUT2D eigenvalue weighted by molar-refractivity contribution is 5.29. The molecule has 1 atom stereocenters. The van der Waals surface area contributed by atoms with Gasteiger partial charge in [-0.15, -0.1) is 0 Å². The molecule has 0 heterocycles. The summed E-state index contributed by atoms with van der Waals surface area (Å²) in [6, 6.07) is 3.67. The van der Waals surface area contributed by atoms with Gasteiger partial charge in [-0.05, 0) is 17.7 Å². The van der Waals surface area contributed by atoms with E-state index in [1.54, 1.807) is 0 Å². The molecule has 0 saturated carbocycles. The van der Waals surface area contributed by atoms with Gasteiger partial charge in [0.25, 0.3) is 0 Å². The number of aromatic hydroxyl groups is 1. The van der Waals surface area contributed by atoms with E-state index in [4.69, 9.17) is 10.8 Å². The molecular weight excluding hydrogens is 173 g/mol. The quantitative estimate of drug-likeness (QED) is 0.650. The molecule has 0 bridgehead atoms. The Kier molecular flexibility index (Phi) is 4.37. The number of phenols is 1. The third-order valence-electron chi connectivity index (χ3n) is 1.58. The summed E-state index contributed by atoms with van der Waals surface area (Å²) in [7, 11) is 0. The number of nitrogens with two attached hydrogens (primary N) is 1. The first-order valence-electron chi connectivity index (χ1n) is 3.51. The molecule has 13 heavy (non-hydrogen) atoms. The van der Waals surface area contributed by atoms with E-state index in [1.807, 2.05) is 0 Å². The van der Waals surface area contributed by atoms with Crippen LogP contribution in [-0.2, 0) is 0 Å². The van der Waals surface area contributed by atoms with Crippen LogP contribution < -0.4 is 5.73 Å². The molecule has 0 radical (unpaired) electrons. The van der Waals surface area contributed by atoms with Crippen LogP contribution in [0.1, 0.15) is 19.1 Å². The molecule has 1 aromatic carbocycles. The van der Waals surface area contributed by atoms with Crippen molar-refractivity contribution in [1.29, 1.82) is 0 Å². The van der Waals surface area contributed by atoms with Gasteiger partial charge in [-0.1, -0.05) is 13.5 Å². The molecule has 1 aromatic rings. The van der Waals surface area contributed by atoms with Gasteiger partial charge in [0.1, 0.15) is 0 Å². The van der Waals surface area contributed by atoms with E-state index < -0.39 is 17.7 Å². The fraction of sp³-hybridized carbons (Fsp3) is 0.333. The second-order valence-electron chi connectivity index (χ2n) is 2.46. The molecule has 0 aliphatic carbocycles. The van der Waals surface area contributed by atoms with Gasteiger partial charge in [-0.2, -0.15) is 0 Å². The molecule has 4 N–H and O–H groups in total. The molecule has 74 valence electrons. The maximum Gasteiger partial charge on any atom is 0.165 e. The molecular formula is C9H14FNO2. The summed E-state index contributed by atoms with van der Waals surface area (Å²) < 4.78 is 12.7. The number of hydrogen-bond acceptors (Lipinski definition) is 3. The van der Waals surface area contributed by atoms with Gasteiger partial charge in [0.15, 0.2) is 11.6 Å². The van der Waals surface area contributed by atoms with E-state index in [1.165, 1.54) is 12.1 Å². The average molecular weight is 187 g/mol. The number of phenolic OH excluding ortho intramolecular Hbond substituents is 1. The van der Waals surface area contributed by atoms with E-state index >= 15 is 0 Å². The monoisotopic (exact) mass is 187 g/mol. The Bertz CT molecular complexity index is 278. The van der Waals surface area contributed by atoms with Gasteiger partial charge in [-0.3, -0.25) is 0 Å². The van der Waals surface area contributed by atoms with E-state index in [-0.39, 0.29) is 14.0 Å². The number of rotatable bonds is 2. The van der Waals surface area contributed by atoms with Gasteiger partial charge in [0.05, 0.1) is 6.10 Å². The molecule has 0 aliphatic heterocycles. The van der Waals surface area contributed by atoms with Crippen LogP contribution in [0, 0.1) is 5.82 Å². The van der Waals surface area contributed by atoms with Gasteiger partial charge >= 0.3 is 0 Å². The summed E-state index contributed by atoms with van der Waals surface area (Å²) in [6.45, 7) is 0.0320. The van der Waals surface area contributed by atoms with E-state index in [2.05, 4.69) is 0 Å². The number of hydrogen-bond donors (Lipinski definition) is 3. The third kappa shape index (κ3) is 2.68. The Morgan fingerprint density at radius 2 is 2.08 bits per heavy atom. The topological polar surface area (TPSA) is 66.5 Å². The fourth-order valence-electron chi connectivity index (χ4n) is 0.867. The molecule has 4 heteroatoms. The summed E-state index contributed by atoms with van der Waals surface area (Å²) in [5.41, 5.74) is 5.53. The second-order valence-corrected chi connectivity index (χ2v) is 2.46. The number of benzene rings is 1. The van der Waals surface area contributed by atoms with E-state index in [0.717, 1.165) is 6.07 Å². The van der Waals surface area contributed by atoms with Gasteiger partial charge in [-0.25, -0.2) is 4.39 Å². The van der Waals surface area contributed by atoms with Crippen molar-refractivity contribution in [3.8, 4) is 5.75 Å². The first-order valence-corrected chi connectivity index (χ1v) is 3.51. The van der Waals surface area contributed by atoms with Crippen LogP contribution in [-0.4, -0.2) is 16.8 Å². The van der Waals surface area contributed by atoms with Crippen molar-refractivity contribution in [2.45, 2.75) is 13.5 Å². The molecule has 0 aliphatic rings. The van der Waals surface area contributed by atoms with Crippen LogP contribution >= 0.6 is 0 Å². The Labute approximate surface area is 76.6 Å². The lowest BCUT2D eigenvalue weighted by atomic mass is 10.1. The molecule has 3 nitrogen and oxygen atoms in total. The summed E-state index contributed by atoms with van der Waals surface area (Å²) in [5, 5.41) is 18.0. The van der Waals surface area contributed by atoms with Gasteiger partial charge in [0, 0.05) is 6.54 Å². The van der Waals surface area contributed by atoms with Crippen molar-refractivity contribution in [3.05, 3.63) is 29.6 Å². The maximum absolute atomic E-state index is 12.7. The van der Waals surface area contributed by atoms with Crippen LogP contribution in [0.5, 0.6) is 5.75 Å². The first kappa shape index (κ1) is 11.9. The van der Waals surface area contributed by atoms with Crippen molar-refractivity contribution in [2.75, 3.05) is 6.54 Å². The van der Waals surface area contributed by atoms with Crippen molar-refractivity contribution >= 4 is 0 Å². The molecule has 0 amide bonds. The first-order chi connectivity index (χ1) is 5.65. The van der Waals surface area contributed by atoms with Crippen molar-refractivity contribution in [3.63, 3.8) is 0 Å².